The van der Waals surface area contributed by atoms with Crippen LogP contribution in [0.4, 0.5) is 4.39 Å². The first-order chi connectivity index (χ1) is 9.84. The minimum absolute atomic E-state index is 0.184. The highest BCUT2D eigenvalue weighted by Gasteiger charge is 2.18. The van der Waals surface area contributed by atoms with Gasteiger partial charge in [0.05, 0.1) is 0 Å². The van der Waals surface area contributed by atoms with Gasteiger partial charge in [-0.3, -0.25) is 0 Å². The van der Waals surface area contributed by atoms with Gasteiger partial charge in [0.2, 0.25) is 0 Å². The van der Waals surface area contributed by atoms with Crippen LogP contribution in [0.3, 0.4) is 0 Å². The van der Waals surface area contributed by atoms with Gasteiger partial charge in [-0.1, -0.05) is 88.4 Å². The zero-order valence-electron chi connectivity index (χ0n) is 11.0. The predicted molar refractivity (Wildman–Crippen MR) is 83.9 cm³/mol. The molecule has 0 spiro atoms. The van der Waals surface area contributed by atoms with Gasteiger partial charge in [-0.25, -0.2) is 4.39 Å². The lowest BCUT2D eigenvalue weighted by atomic mass is 10.3. The Bertz CT molecular complexity index is 623. The molecular weight excluding hydrogens is 263 g/mol. The molecule has 0 aromatic heterocycles. The van der Waals surface area contributed by atoms with Crippen LogP contribution in [-0.4, -0.2) is 8.80 Å². The molecule has 0 N–H and O–H groups in total. The van der Waals surface area contributed by atoms with Crippen LogP contribution in [-0.2, 0) is 0 Å². The molecule has 0 amide bonds. The first-order valence-electron chi connectivity index (χ1n) is 6.58. The van der Waals surface area contributed by atoms with Crippen molar-refractivity contribution in [3.8, 4) is 0 Å². The zero-order valence-corrected chi connectivity index (χ0v) is 12.0. The van der Waals surface area contributed by atoms with Gasteiger partial charge in [-0.05, 0) is 12.1 Å². The second-order valence-corrected chi connectivity index (χ2v) is 7.10. The van der Waals surface area contributed by atoms with Crippen LogP contribution in [0.2, 0.25) is 0 Å². The molecule has 0 unspecified atom stereocenters. The first kappa shape index (κ1) is 12.8. The van der Waals surface area contributed by atoms with Crippen LogP contribution in [0.5, 0.6) is 0 Å². The molecule has 97 valence electrons. The first-order valence-corrected chi connectivity index (χ1v) is 8.08. The average molecular weight is 277 g/mol. The number of benzene rings is 3. The summed E-state index contributed by atoms with van der Waals surface area (Å²) in [4.78, 5) is 0. The van der Waals surface area contributed by atoms with Crippen molar-refractivity contribution in [3.63, 3.8) is 0 Å². The Hall–Kier alpha value is -2.19. The molecule has 1 radical (unpaired) electrons. The predicted octanol–water partition coefficient (Wildman–Crippen LogP) is 2.34. The highest BCUT2D eigenvalue weighted by atomic mass is 28.3. The summed E-state index contributed by atoms with van der Waals surface area (Å²) in [6, 6.07) is 27.8. The molecule has 0 fully saturated rings. The number of hydrogen-bond donors (Lipinski definition) is 0. The number of rotatable bonds is 3. The molecule has 0 atom stereocenters. The Balaban J connectivity index is 2.11. The van der Waals surface area contributed by atoms with E-state index in [2.05, 4.69) is 48.5 Å². The summed E-state index contributed by atoms with van der Waals surface area (Å²) in [5.74, 6) is -0.184. The van der Waals surface area contributed by atoms with Crippen molar-refractivity contribution < 1.29 is 4.39 Å². The van der Waals surface area contributed by atoms with E-state index >= 15 is 0 Å². The summed E-state index contributed by atoms with van der Waals surface area (Å²) >= 11 is 0. The van der Waals surface area contributed by atoms with E-state index in [9.17, 15) is 4.39 Å². The van der Waals surface area contributed by atoms with E-state index in [4.69, 9.17) is 0 Å². The fraction of sp³-hybridized carbons (Fsp3) is 0. The van der Waals surface area contributed by atoms with Gasteiger partial charge in [0.15, 0.2) is 8.80 Å². The van der Waals surface area contributed by atoms with Crippen molar-refractivity contribution in [2.45, 2.75) is 0 Å². The normalized spacial score (nSPS) is 10.7. The molecule has 0 heterocycles. The van der Waals surface area contributed by atoms with Gasteiger partial charge < -0.3 is 0 Å². The largest absolute Gasteiger partial charge is 0.207 e. The topological polar surface area (TPSA) is 0 Å². The summed E-state index contributed by atoms with van der Waals surface area (Å²) in [6.45, 7) is 0. The van der Waals surface area contributed by atoms with Crippen molar-refractivity contribution >= 4 is 24.4 Å². The molecule has 0 nitrogen and oxygen atoms in total. The van der Waals surface area contributed by atoms with Crippen LogP contribution < -0.4 is 15.6 Å². The van der Waals surface area contributed by atoms with Crippen molar-refractivity contribution in [2.24, 2.45) is 0 Å². The van der Waals surface area contributed by atoms with Crippen molar-refractivity contribution in [2.75, 3.05) is 0 Å². The second-order valence-electron chi connectivity index (χ2n) is 4.61. The molecule has 3 aromatic rings. The van der Waals surface area contributed by atoms with Gasteiger partial charge in [-0.2, -0.15) is 0 Å². The lowest BCUT2D eigenvalue weighted by Crippen LogP contribution is -2.51. The van der Waals surface area contributed by atoms with Gasteiger partial charge in [-0.15, -0.1) is 0 Å². The smallest absolute Gasteiger partial charge is 0.154 e. The average Bonchev–Trinajstić information content (AvgIpc) is 2.52. The lowest BCUT2D eigenvalue weighted by Gasteiger charge is -2.16. The third-order valence-electron chi connectivity index (χ3n) is 3.26. The van der Waals surface area contributed by atoms with Gasteiger partial charge >= 0.3 is 0 Å². The molecule has 20 heavy (non-hydrogen) atoms. The van der Waals surface area contributed by atoms with E-state index in [1.54, 1.807) is 12.1 Å². The molecule has 0 aliphatic rings. The summed E-state index contributed by atoms with van der Waals surface area (Å²) in [7, 11) is -1.06. The van der Waals surface area contributed by atoms with Crippen LogP contribution in [0.1, 0.15) is 0 Å². The van der Waals surface area contributed by atoms with Crippen molar-refractivity contribution in [1.29, 1.82) is 0 Å². The second kappa shape index (κ2) is 5.84. The molecule has 2 heteroatoms. The monoisotopic (exact) mass is 277 g/mol. The molecule has 0 bridgehead atoms. The standard InChI is InChI=1S/C18H14FSi/c19-15-11-13-18(14-12-15)20(16-7-3-1-4-8-16)17-9-5-2-6-10-17/h1-14H. The Morgan fingerprint density at radius 3 is 1.35 bits per heavy atom. The highest BCUT2D eigenvalue weighted by Crippen LogP contribution is 1.98. The zero-order chi connectivity index (χ0) is 13.8. The quantitative estimate of drug-likeness (QED) is 0.509. The fourth-order valence-corrected chi connectivity index (χ4v) is 4.88. The maximum absolute atomic E-state index is 13.2. The van der Waals surface area contributed by atoms with E-state index in [1.807, 2.05) is 24.3 Å². The Morgan fingerprint density at radius 2 is 0.900 bits per heavy atom. The van der Waals surface area contributed by atoms with Gasteiger partial charge in [0, 0.05) is 0 Å². The molecule has 0 saturated heterocycles. The van der Waals surface area contributed by atoms with Crippen molar-refractivity contribution in [1.82, 2.24) is 0 Å². The Morgan fingerprint density at radius 1 is 0.500 bits per heavy atom. The Labute approximate surface area is 120 Å². The van der Waals surface area contributed by atoms with E-state index in [-0.39, 0.29) is 5.82 Å². The van der Waals surface area contributed by atoms with Crippen LogP contribution in [0.25, 0.3) is 0 Å². The summed E-state index contributed by atoms with van der Waals surface area (Å²) in [5, 5.41) is 3.83. The maximum atomic E-state index is 13.2. The minimum Gasteiger partial charge on any atom is -0.207 e. The van der Waals surface area contributed by atoms with E-state index in [0.717, 1.165) is 0 Å². The summed E-state index contributed by atoms with van der Waals surface area (Å²) in [6.07, 6.45) is 0. The van der Waals surface area contributed by atoms with Crippen LogP contribution in [0, 0.1) is 5.82 Å². The SMILES string of the molecule is Fc1ccc([Si](c2ccccc2)c2ccccc2)cc1. The maximum Gasteiger partial charge on any atom is 0.154 e. The van der Waals surface area contributed by atoms with Crippen LogP contribution >= 0.6 is 0 Å². The Kier molecular flexibility index (Phi) is 3.75. The molecule has 3 rings (SSSR count). The number of hydrogen-bond acceptors (Lipinski definition) is 0. The third kappa shape index (κ3) is 2.70. The number of halogens is 1. The molecular formula is C18H14FSi. The summed E-state index contributed by atoms with van der Waals surface area (Å²) < 4.78 is 13.2. The fourth-order valence-electron chi connectivity index (χ4n) is 2.33. The van der Waals surface area contributed by atoms with Crippen LogP contribution in [0.15, 0.2) is 84.9 Å². The highest BCUT2D eigenvalue weighted by molar-refractivity contribution is 6.95. The summed E-state index contributed by atoms with van der Waals surface area (Å²) in [5.41, 5.74) is 0. The molecule has 0 aliphatic carbocycles. The minimum atomic E-state index is -1.06. The third-order valence-corrected chi connectivity index (χ3v) is 5.99. The van der Waals surface area contributed by atoms with Crippen molar-refractivity contribution in [3.05, 3.63) is 90.7 Å². The van der Waals surface area contributed by atoms with E-state index < -0.39 is 8.80 Å². The molecule has 3 aromatic carbocycles. The van der Waals surface area contributed by atoms with Gasteiger partial charge in [0.25, 0.3) is 0 Å². The van der Waals surface area contributed by atoms with Gasteiger partial charge in [0.1, 0.15) is 5.82 Å². The van der Waals surface area contributed by atoms with E-state index in [1.165, 1.54) is 15.6 Å². The molecule has 0 saturated carbocycles. The van der Waals surface area contributed by atoms with E-state index in [0.29, 0.717) is 0 Å². The molecule has 0 aliphatic heterocycles. The lowest BCUT2D eigenvalue weighted by molar-refractivity contribution is 0.628.